The van der Waals surface area contributed by atoms with Gasteiger partial charge in [0.05, 0.1) is 6.10 Å². The van der Waals surface area contributed by atoms with E-state index in [9.17, 15) is 4.79 Å². The van der Waals surface area contributed by atoms with Crippen LogP contribution in [0.3, 0.4) is 0 Å². The van der Waals surface area contributed by atoms with Gasteiger partial charge in [0, 0.05) is 12.6 Å². The SMILES string of the molecule is CCOC1CC(NC(=O)C(C)(C)C(N)=NO)C1. The first-order valence-electron chi connectivity index (χ1n) is 5.82. The predicted molar refractivity (Wildman–Crippen MR) is 63.8 cm³/mol. The maximum Gasteiger partial charge on any atom is 0.233 e. The summed E-state index contributed by atoms with van der Waals surface area (Å²) in [6.45, 7) is 5.89. The minimum absolute atomic E-state index is 0.0873. The van der Waals surface area contributed by atoms with Gasteiger partial charge < -0.3 is 21.0 Å². The molecule has 17 heavy (non-hydrogen) atoms. The van der Waals surface area contributed by atoms with E-state index < -0.39 is 5.41 Å². The summed E-state index contributed by atoms with van der Waals surface area (Å²) in [4.78, 5) is 11.9. The van der Waals surface area contributed by atoms with Gasteiger partial charge in [0.1, 0.15) is 5.41 Å². The van der Waals surface area contributed by atoms with Crippen LogP contribution in [-0.2, 0) is 9.53 Å². The molecule has 1 rings (SSSR count). The van der Waals surface area contributed by atoms with Gasteiger partial charge in [0.15, 0.2) is 5.84 Å². The number of amidine groups is 1. The lowest BCUT2D eigenvalue weighted by molar-refractivity contribution is -0.129. The van der Waals surface area contributed by atoms with E-state index in [1.54, 1.807) is 13.8 Å². The third-order valence-electron chi connectivity index (χ3n) is 3.15. The molecule has 6 heteroatoms. The highest BCUT2D eigenvalue weighted by Crippen LogP contribution is 2.25. The molecule has 4 N–H and O–H groups in total. The van der Waals surface area contributed by atoms with Gasteiger partial charge in [-0.15, -0.1) is 0 Å². The highest BCUT2D eigenvalue weighted by Gasteiger charge is 2.37. The lowest BCUT2D eigenvalue weighted by atomic mass is 9.86. The van der Waals surface area contributed by atoms with E-state index in [2.05, 4.69) is 10.5 Å². The molecular weight excluding hydrogens is 222 g/mol. The Balaban J connectivity index is 2.41. The molecule has 0 heterocycles. The molecule has 1 amide bonds. The second-order valence-corrected chi connectivity index (χ2v) is 4.83. The number of nitrogens with zero attached hydrogens (tertiary/aromatic N) is 1. The van der Waals surface area contributed by atoms with Gasteiger partial charge in [0.2, 0.25) is 5.91 Å². The summed E-state index contributed by atoms with van der Waals surface area (Å²) in [6, 6.07) is 0.129. The van der Waals surface area contributed by atoms with Crippen molar-refractivity contribution < 1.29 is 14.7 Å². The number of oxime groups is 1. The van der Waals surface area contributed by atoms with E-state index in [1.807, 2.05) is 6.92 Å². The first-order chi connectivity index (χ1) is 7.91. The standard InChI is InChI=1S/C11H21N3O3/c1-4-17-8-5-7(6-8)13-10(15)11(2,3)9(12)14-16/h7-8,16H,4-6H2,1-3H3,(H2,12,14)(H,13,15). The molecule has 0 aromatic carbocycles. The van der Waals surface area contributed by atoms with Gasteiger partial charge in [-0.2, -0.15) is 0 Å². The molecule has 0 atom stereocenters. The molecule has 0 aromatic heterocycles. The summed E-state index contributed by atoms with van der Waals surface area (Å²) in [7, 11) is 0. The Bertz CT molecular complexity index is 309. The monoisotopic (exact) mass is 243 g/mol. The normalized spacial score (nSPS) is 25.2. The Morgan fingerprint density at radius 3 is 2.65 bits per heavy atom. The first-order valence-corrected chi connectivity index (χ1v) is 5.82. The van der Waals surface area contributed by atoms with Crippen LogP contribution < -0.4 is 11.1 Å². The Kier molecular flexibility index (Phi) is 4.34. The fourth-order valence-corrected chi connectivity index (χ4v) is 1.66. The van der Waals surface area contributed by atoms with Crippen molar-refractivity contribution >= 4 is 11.7 Å². The van der Waals surface area contributed by atoms with Crippen molar-refractivity contribution in [3.8, 4) is 0 Å². The van der Waals surface area contributed by atoms with Crippen molar-refractivity contribution in [3.05, 3.63) is 0 Å². The van der Waals surface area contributed by atoms with E-state index in [0.717, 1.165) is 12.8 Å². The molecule has 0 aromatic rings. The third kappa shape index (κ3) is 3.09. The average molecular weight is 243 g/mol. The number of ether oxygens (including phenoxy) is 1. The van der Waals surface area contributed by atoms with Crippen LogP contribution in [0.5, 0.6) is 0 Å². The number of hydrogen-bond acceptors (Lipinski definition) is 4. The number of carbonyl (C=O) groups is 1. The van der Waals surface area contributed by atoms with Gasteiger partial charge in [-0.3, -0.25) is 4.79 Å². The summed E-state index contributed by atoms with van der Waals surface area (Å²) >= 11 is 0. The molecule has 1 fully saturated rings. The number of nitrogens with two attached hydrogens (primary N) is 1. The van der Waals surface area contributed by atoms with E-state index >= 15 is 0 Å². The van der Waals surface area contributed by atoms with Crippen LogP contribution in [0, 0.1) is 5.41 Å². The number of carbonyl (C=O) groups excluding carboxylic acids is 1. The summed E-state index contributed by atoms with van der Waals surface area (Å²) in [5.74, 6) is -0.316. The predicted octanol–water partition coefficient (Wildman–Crippen LogP) is 0.443. The maximum atomic E-state index is 11.9. The summed E-state index contributed by atoms with van der Waals surface area (Å²) in [5.41, 5.74) is 4.48. The lowest BCUT2D eigenvalue weighted by Crippen LogP contribution is -2.54. The Morgan fingerprint density at radius 2 is 2.18 bits per heavy atom. The van der Waals surface area contributed by atoms with E-state index in [0.29, 0.717) is 6.61 Å². The molecule has 1 aliphatic carbocycles. The number of hydrogen-bond donors (Lipinski definition) is 3. The zero-order valence-corrected chi connectivity index (χ0v) is 10.6. The van der Waals surface area contributed by atoms with Crippen molar-refractivity contribution in [3.63, 3.8) is 0 Å². The van der Waals surface area contributed by atoms with Crippen LogP contribution in [0.4, 0.5) is 0 Å². The Morgan fingerprint density at radius 1 is 1.59 bits per heavy atom. The lowest BCUT2D eigenvalue weighted by Gasteiger charge is -2.37. The summed E-state index contributed by atoms with van der Waals surface area (Å²) < 4.78 is 5.40. The zero-order valence-electron chi connectivity index (χ0n) is 10.6. The van der Waals surface area contributed by atoms with Crippen LogP contribution in [0.1, 0.15) is 33.6 Å². The van der Waals surface area contributed by atoms with Gasteiger partial charge in [-0.25, -0.2) is 0 Å². The molecule has 1 saturated carbocycles. The van der Waals surface area contributed by atoms with E-state index in [4.69, 9.17) is 15.7 Å². The van der Waals surface area contributed by atoms with Gasteiger partial charge in [0.25, 0.3) is 0 Å². The smallest absolute Gasteiger partial charge is 0.233 e. The molecule has 98 valence electrons. The molecule has 0 spiro atoms. The Hall–Kier alpha value is -1.30. The number of rotatable bonds is 5. The fourth-order valence-electron chi connectivity index (χ4n) is 1.66. The molecule has 0 bridgehead atoms. The van der Waals surface area contributed by atoms with Crippen molar-refractivity contribution in [2.45, 2.75) is 45.8 Å². The Labute approximate surface area is 101 Å². The molecule has 0 unspecified atom stereocenters. The van der Waals surface area contributed by atoms with E-state index in [1.165, 1.54) is 0 Å². The first kappa shape index (κ1) is 13.8. The second-order valence-electron chi connectivity index (χ2n) is 4.83. The molecule has 1 aliphatic rings. The average Bonchev–Trinajstić information content (AvgIpc) is 2.24. The third-order valence-corrected chi connectivity index (χ3v) is 3.15. The van der Waals surface area contributed by atoms with Crippen LogP contribution in [0.25, 0.3) is 0 Å². The van der Waals surface area contributed by atoms with Crippen LogP contribution in [0.2, 0.25) is 0 Å². The topological polar surface area (TPSA) is 96.9 Å². The van der Waals surface area contributed by atoms with Crippen LogP contribution in [-0.4, -0.2) is 35.7 Å². The molecular formula is C11H21N3O3. The quantitative estimate of drug-likeness (QED) is 0.282. The largest absolute Gasteiger partial charge is 0.409 e. The molecule has 0 radical (unpaired) electrons. The second kappa shape index (κ2) is 5.35. The fraction of sp³-hybridized carbons (Fsp3) is 0.818. The van der Waals surface area contributed by atoms with Crippen LogP contribution >= 0.6 is 0 Å². The van der Waals surface area contributed by atoms with Gasteiger partial charge in [-0.1, -0.05) is 5.16 Å². The van der Waals surface area contributed by atoms with Gasteiger partial charge in [-0.05, 0) is 33.6 Å². The maximum absolute atomic E-state index is 11.9. The highest BCUT2D eigenvalue weighted by molar-refractivity contribution is 6.05. The van der Waals surface area contributed by atoms with Gasteiger partial charge >= 0.3 is 0 Å². The number of amides is 1. The van der Waals surface area contributed by atoms with Crippen molar-refractivity contribution in [1.29, 1.82) is 0 Å². The molecule has 0 saturated heterocycles. The van der Waals surface area contributed by atoms with E-state index in [-0.39, 0.29) is 23.9 Å². The number of nitrogens with one attached hydrogen (secondary N) is 1. The summed E-state index contributed by atoms with van der Waals surface area (Å²) in [6.07, 6.45) is 1.90. The van der Waals surface area contributed by atoms with Crippen molar-refractivity contribution in [1.82, 2.24) is 5.32 Å². The van der Waals surface area contributed by atoms with Crippen LogP contribution in [0.15, 0.2) is 5.16 Å². The minimum atomic E-state index is -0.995. The minimum Gasteiger partial charge on any atom is -0.409 e. The molecule has 0 aliphatic heterocycles. The van der Waals surface area contributed by atoms with Crippen molar-refractivity contribution in [2.24, 2.45) is 16.3 Å². The van der Waals surface area contributed by atoms with Crippen molar-refractivity contribution in [2.75, 3.05) is 6.61 Å². The summed E-state index contributed by atoms with van der Waals surface area (Å²) in [5, 5.41) is 14.4. The molecule has 6 nitrogen and oxygen atoms in total. The zero-order chi connectivity index (χ0) is 13.1. The highest BCUT2D eigenvalue weighted by atomic mass is 16.5.